The highest BCUT2D eigenvalue weighted by atomic mass is 35.5. The van der Waals surface area contributed by atoms with E-state index in [1.165, 1.54) is 0 Å². The highest BCUT2D eigenvalue weighted by Gasteiger charge is 2.16. The highest BCUT2D eigenvalue weighted by molar-refractivity contribution is 6.30. The van der Waals surface area contributed by atoms with E-state index in [-0.39, 0.29) is 24.8 Å². The molecule has 2 aromatic carbocycles. The van der Waals surface area contributed by atoms with Crippen molar-refractivity contribution in [2.45, 2.75) is 25.3 Å². The fourth-order valence-electron chi connectivity index (χ4n) is 2.67. The Labute approximate surface area is 163 Å². The van der Waals surface area contributed by atoms with Crippen LogP contribution in [0, 0.1) is 0 Å². The number of nitrogens with one attached hydrogen (secondary N) is 2. The Balaban J connectivity index is 1.92. The second-order valence-electron chi connectivity index (χ2n) is 5.98. The molecule has 3 N–H and O–H groups in total. The lowest BCUT2D eigenvalue weighted by molar-refractivity contribution is -0.137. The van der Waals surface area contributed by atoms with Gasteiger partial charge in [-0.2, -0.15) is 0 Å². The first-order valence-corrected chi connectivity index (χ1v) is 9.01. The molecule has 0 aliphatic rings. The van der Waals surface area contributed by atoms with Gasteiger partial charge in [-0.1, -0.05) is 41.9 Å². The molecule has 0 aromatic heterocycles. The molecule has 1 amide bonds. The van der Waals surface area contributed by atoms with Gasteiger partial charge in [0.25, 0.3) is 0 Å². The number of halogens is 1. The first-order chi connectivity index (χ1) is 13.0. The van der Waals surface area contributed by atoms with E-state index in [2.05, 4.69) is 10.6 Å². The van der Waals surface area contributed by atoms with Gasteiger partial charge in [-0.25, -0.2) is 0 Å². The van der Waals surface area contributed by atoms with E-state index < -0.39 is 5.97 Å². The van der Waals surface area contributed by atoms with Crippen molar-refractivity contribution in [3.63, 3.8) is 0 Å². The number of anilines is 1. The predicted octanol–water partition coefficient (Wildman–Crippen LogP) is 3.87. The molecular weight excluding hydrogens is 368 g/mol. The zero-order chi connectivity index (χ0) is 19.6. The third-order valence-electron chi connectivity index (χ3n) is 4.01. The van der Waals surface area contributed by atoms with Crippen molar-refractivity contribution in [1.82, 2.24) is 5.32 Å². The number of aliphatic carboxylic acids is 1. The van der Waals surface area contributed by atoms with Gasteiger partial charge in [-0.15, -0.1) is 0 Å². The van der Waals surface area contributed by atoms with Crippen LogP contribution in [0.25, 0.3) is 0 Å². The Hall–Kier alpha value is -2.73. The lowest BCUT2D eigenvalue weighted by Crippen LogP contribution is -2.30. The Morgan fingerprint density at radius 2 is 1.89 bits per heavy atom. The van der Waals surface area contributed by atoms with Crippen LogP contribution in [-0.4, -0.2) is 30.6 Å². The number of amides is 1. The molecule has 0 aliphatic heterocycles. The smallest absolute Gasteiger partial charge is 0.303 e. The molecule has 0 saturated heterocycles. The normalized spacial score (nSPS) is 11.5. The number of carboxylic acids is 1. The molecule has 0 saturated carbocycles. The third kappa shape index (κ3) is 6.83. The maximum Gasteiger partial charge on any atom is 0.303 e. The summed E-state index contributed by atoms with van der Waals surface area (Å²) in [6.07, 6.45) is 0.546. The molecule has 27 heavy (non-hydrogen) atoms. The SMILES string of the molecule is COc1ccc(Cl)cc1NCCC(=O)NC(CCC(=O)O)c1ccccc1. The van der Waals surface area contributed by atoms with Crippen LogP contribution in [0.5, 0.6) is 5.75 Å². The summed E-state index contributed by atoms with van der Waals surface area (Å²) in [5, 5.41) is 15.6. The van der Waals surface area contributed by atoms with E-state index in [9.17, 15) is 9.59 Å². The van der Waals surface area contributed by atoms with Crippen LogP contribution < -0.4 is 15.4 Å². The summed E-state index contributed by atoms with van der Waals surface area (Å²) >= 11 is 5.99. The van der Waals surface area contributed by atoms with E-state index >= 15 is 0 Å². The molecule has 7 heteroatoms. The minimum atomic E-state index is -0.889. The Morgan fingerprint density at radius 3 is 2.56 bits per heavy atom. The van der Waals surface area contributed by atoms with Gasteiger partial charge in [-0.3, -0.25) is 9.59 Å². The van der Waals surface area contributed by atoms with Crippen molar-refractivity contribution in [3.8, 4) is 5.75 Å². The van der Waals surface area contributed by atoms with Gasteiger partial charge in [-0.05, 0) is 30.2 Å². The number of ether oxygens (including phenoxy) is 1. The summed E-state index contributed by atoms with van der Waals surface area (Å²) in [4.78, 5) is 23.2. The number of methoxy groups -OCH3 is 1. The number of carbonyl (C=O) groups excluding carboxylic acids is 1. The summed E-state index contributed by atoms with van der Waals surface area (Å²) in [7, 11) is 1.56. The molecule has 0 radical (unpaired) electrons. The van der Waals surface area contributed by atoms with Crippen LogP contribution in [0.2, 0.25) is 5.02 Å². The molecule has 2 aromatic rings. The van der Waals surface area contributed by atoms with Crippen LogP contribution >= 0.6 is 11.6 Å². The standard InChI is InChI=1S/C20H23ClN2O4/c1-27-18-9-7-15(21)13-17(18)22-12-11-19(24)23-16(8-10-20(25)26)14-5-3-2-4-6-14/h2-7,9,13,16,22H,8,10-12H2,1H3,(H,23,24)(H,25,26). The monoisotopic (exact) mass is 390 g/mol. The summed E-state index contributed by atoms with van der Waals surface area (Å²) < 4.78 is 5.26. The van der Waals surface area contributed by atoms with Crippen LogP contribution in [0.4, 0.5) is 5.69 Å². The van der Waals surface area contributed by atoms with Gasteiger partial charge < -0.3 is 20.5 Å². The average molecular weight is 391 g/mol. The summed E-state index contributed by atoms with van der Waals surface area (Å²) in [5.74, 6) is -0.411. The zero-order valence-electron chi connectivity index (χ0n) is 15.1. The van der Waals surface area contributed by atoms with Gasteiger partial charge in [0.1, 0.15) is 5.75 Å². The van der Waals surface area contributed by atoms with E-state index in [1.807, 2.05) is 30.3 Å². The van der Waals surface area contributed by atoms with Crippen LogP contribution in [0.3, 0.4) is 0 Å². The minimum Gasteiger partial charge on any atom is -0.495 e. The highest BCUT2D eigenvalue weighted by Crippen LogP contribution is 2.27. The van der Waals surface area contributed by atoms with Crippen LogP contribution in [0.1, 0.15) is 30.9 Å². The summed E-state index contributed by atoms with van der Waals surface area (Å²) in [6.45, 7) is 0.392. The average Bonchev–Trinajstić information content (AvgIpc) is 2.66. The number of carboxylic acid groups (broad SMARTS) is 1. The van der Waals surface area contributed by atoms with Gasteiger partial charge in [0.15, 0.2) is 0 Å². The fraction of sp³-hybridized carbons (Fsp3) is 0.300. The van der Waals surface area contributed by atoms with Crippen molar-refractivity contribution in [2.24, 2.45) is 0 Å². The van der Waals surface area contributed by atoms with E-state index in [0.717, 1.165) is 5.56 Å². The molecule has 0 bridgehead atoms. The van der Waals surface area contributed by atoms with Crippen molar-refractivity contribution in [2.75, 3.05) is 19.0 Å². The third-order valence-corrected chi connectivity index (χ3v) is 4.25. The number of benzene rings is 2. The molecule has 144 valence electrons. The van der Waals surface area contributed by atoms with Crippen molar-refractivity contribution >= 4 is 29.2 Å². The van der Waals surface area contributed by atoms with Crippen molar-refractivity contribution in [1.29, 1.82) is 0 Å². The number of hydrogen-bond donors (Lipinski definition) is 3. The molecule has 6 nitrogen and oxygen atoms in total. The topological polar surface area (TPSA) is 87.7 Å². The van der Waals surface area contributed by atoms with E-state index in [0.29, 0.717) is 29.4 Å². The Morgan fingerprint density at radius 1 is 1.15 bits per heavy atom. The first-order valence-electron chi connectivity index (χ1n) is 8.63. The molecule has 0 spiro atoms. The van der Waals surface area contributed by atoms with Crippen LogP contribution in [-0.2, 0) is 9.59 Å². The number of hydrogen-bond acceptors (Lipinski definition) is 4. The van der Waals surface area contributed by atoms with Gasteiger partial charge in [0.2, 0.25) is 5.91 Å². The lowest BCUT2D eigenvalue weighted by Gasteiger charge is -2.19. The van der Waals surface area contributed by atoms with E-state index in [4.69, 9.17) is 21.4 Å². The molecular formula is C20H23ClN2O4. The molecule has 0 aliphatic carbocycles. The van der Waals surface area contributed by atoms with Crippen molar-refractivity contribution < 1.29 is 19.4 Å². The van der Waals surface area contributed by atoms with Gasteiger partial charge in [0, 0.05) is 24.4 Å². The summed E-state index contributed by atoms with van der Waals surface area (Å²) in [6, 6.07) is 14.2. The maximum atomic E-state index is 12.3. The Bertz CT molecular complexity index is 768. The second kappa shape index (κ2) is 10.4. The molecule has 1 unspecified atom stereocenters. The second-order valence-corrected chi connectivity index (χ2v) is 6.42. The molecule has 1 atom stereocenters. The summed E-state index contributed by atoms with van der Waals surface area (Å²) in [5.41, 5.74) is 1.60. The molecule has 0 fully saturated rings. The maximum absolute atomic E-state index is 12.3. The minimum absolute atomic E-state index is 0.0161. The zero-order valence-corrected chi connectivity index (χ0v) is 15.8. The van der Waals surface area contributed by atoms with Crippen molar-refractivity contribution in [3.05, 3.63) is 59.1 Å². The Kier molecular flexibility index (Phi) is 7.95. The lowest BCUT2D eigenvalue weighted by atomic mass is 10.0. The van der Waals surface area contributed by atoms with Gasteiger partial charge in [0.05, 0.1) is 18.8 Å². The largest absolute Gasteiger partial charge is 0.495 e. The first kappa shape index (κ1) is 20.6. The molecule has 2 rings (SSSR count). The van der Waals surface area contributed by atoms with Crippen LogP contribution in [0.15, 0.2) is 48.5 Å². The predicted molar refractivity (Wildman–Crippen MR) is 105 cm³/mol. The van der Waals surface area contributed by atoms with E-state index in [1.54, 1.807) is 25.3 Å². The molecule has 0 heterocycles. The number of rotatable bonds is 10. The van der Waals surface area contributed by atoms with Gasteiger partial charge >= 0.3 is 5.97 Å². The number of carbonyl (C=O) groups is 2. The quantitative estimate of drug-likeness (QED) is 0.573. The fourth-order valence-corrected chi connectivity index (χ4v) is 2.84.